The molecule has 3 aromatic carbocycles. The second-order valence-corrected chi connectivity index (χ2v) is 9.22. The van der Waals surface area contributed by atoms with Crippen LogP contribution in [0.2, 0.25) is 0 Å². The fourth-order valence-electron chi connectivity index (χ4n) is 3.62. The lowest BCUT2D eigenvalue weighted by Crippen LogP contribution is -2.38. The van der Waals surface area contributed by atoms with Crippen LogP contribution in [0, 0.1) is 5.82 Å². The summed E-state index contributed by atoms with van der Waals surface area (Å²) in [6.07, 6.45) is -0.312. The van der Waals surface area contributed by atoms with Crippen molar-refractivity contribution in [2.45, 2.75) is 16.6 Å². The number of nitrogens with zero attached hydrogens (tertiary/aromatic N) is 1. The average molecular weight is 438 g/mol. The van der Waals surface area contributed by atoms with Crippen molar-refractivity contribution in [2.24, 2.45) is 0 Å². The van der Waals surface area contributed by atoms with E-state index in [2.05, 4.69) is 5.32 Å². The van der Waals surface area contributed by atoms with Gasteiger partial charge in [-0.05, 0) is 29.8 Å². The number of para-hydroxylation sites is 2. The third-order valence-corrected chi connectivity index (χ3v) is 7.27. The van der Waals surface area contributed by atoms with E-state index in [0.29, 0.717) is 5.56 Å². The maximum atomic E-state index is 13.9. The third-order valence-electron chi connectivity index (χ3n) is 5.12. The van der Waals surface area contributed by atoms with Gasteiger partial charge in [-0.15, -0.1) is 0 Å². The first kappa shape index (κ1) is 20.7. The summed E-state index contributed by atoms with van der Waals surface area (Å²) in [5.74, 6) is -1.75. The lowest BCUT2D eigenvalue weighted by molar-refractivity contribution is -0.121. The summed E-state index contributed by atoms with van der Waals surface area (Å²) in [4.78, 5) is 26.8. The van der Waals surface area contributed by atoms with E-state index in [1.54, 1.807) is 48.5 Å². The number of hydrogen-bond acceptors (Lipinski definition) is 4. The molecule has 1 heterocycles. The number of halogens is 1. The molecule has 0 aliphatic carbocycles. The number of nitrogens with one attached hydrogen (secondary N) is 1. The van der Waals surface area contributed by atoms with Gasteiger partial charge in [-0.25, -0.2) is 12.8 Å². The third kappa shape index (κ3) is 4.06. The molecule has 1 aliphatic rings. The van der Waals surface area contributed by atoms with Gasteiger partial charge in [0.2, 0.25) is 11.8 Å². The minimum atomic E-state index is -3.89. The molecule has 0 radical (unpaired) electrons. The molecule has 31 heavy (non-hydrogen) atoms. The van der Waals surface area contributed by atoms with E-state index in [4.69, 9.17) is 0 Å². The topological polar surface area (TPSA) is 83.6 Å². The number of hydrogen-bond donors (Lipinski definition) is 1. The van der Waals surface area contributed by atoms with Gasteiger partial charge >= 0.3 is 0 Å². The number of amides is 2. The quantitative estimate of drug-likeness (QED) is 0.673. The number of fused-ring (bicyclic) bond motifs is 1. The van der Waals surface area contributed by atoms with E-state index in [-0.39, 0.29) is 22.7 Å². The Bertz CT molecular complexity index is 1250. The van der Waals surface area contributed by atoms with Crippen molar-refractivity contribution < 1.29 is 22.4 Å². The Morgan fingerprint density at radius 3 is 2.35 bits per heavy atom. The van der Waals surface area contributed by atoms with Crippen LogP contribution < -0.4 is 10.2 Å². The van der Waals surface area contributed by atoms with E-state index in [1.165, 1.54) is 30.3 Å². The van der Waals surface area contributed by atoms with Gasteiger partial charge in [0.25, 0.3) is 0 Å². The van der Waals surface area contributed by atoms with Crippen LogP contribution in [0.3, 0.4) is 0 Å². The van der Waals surface area contributed by atoms with Gasteiger partial charge in [0.1, 0.15) is 12.4 Å². The zero-order chi connectivity index (χ0) is 22.0. The second kappa shape index (κ2) is 8.31. The molecule has 0 spiro atoms. The summed E-state index contributed by atoms with van der Waals surface area (Å²) >= 11 is 0. The minimum Gasteiger partial charge on any atom is -0.322 e. The lowest BCUT2D eigenvalue weighted by Gasteiger charge is -2.22. The smallest absolute Gasteiger partial charge is 0.244 e. The minimum absolute atomic E-state index is 0.0159. The lowest BCUT2D eigenvalue weighted by atomic mass is 10.1. The molecule has 3 aromatic rings. The number of anilines is 2. The van der Waals surface area contributed by atoms with Gasteiger partial charge in [0, 0.05) is 6.42 Å². The highest BCUT2D eigenvalue weighted by molar-refractivity contribution is 7.92. The first-order valence-corrected chi connectivity index (χ1v) is 11.1. The van der Waals surface area contributed by atoms with Crippen molar-refractivity contribution in [3.63, 3.8) is 0 Å². The Hall–Kier alpha value is -3.52. The fraction of sp³-hybridized carbons (Fsp3) is 0.130. The first-order valence-electron chi connectivity index (χ1n) is 9.60. The highest BCUT2D eigenvalue weighted by Crippen LogP contribution is 2.40. The Labute approximate surface area is 179 Å². The highest BCUT2D eigenvalue weighted by Gasteiger charge is 2.39. The molecule has 158 valence electrons. The van der Waals surface area contributed by atoms with E-state index < -0.39 is 39.3 Å². The molecule has 2 amide bonds. The predicted molar refractivity (Wildman–Crippen MR) is 115 cm³/mol. The molecule has 0 aromatic heterocycles. The van der Waals surface area contributed by atoms with Crippen LogP contribution in [-0.4, -0.2) is 26.8 Å². The Morgan fingerprint density at radius 2 is 1.61 bits per heavy atom. The van der Waals surface area contributed by atoms with Crippen molar-refractivity contribution in [3.05, 3.63) is 90.2 Å². The summed E-state index contributed by atoms with van der Waals surface area (Å²) in [6, 6.07) is 20.3. The van der Waals surface area contributed by atoms with Crippen molar-refractivity contribution >= 4 is 33.0 Å². The normalized spacial score (nSPS) is 17.5. The van der Waals surface area contributed by atoms with Crippen molar-refractivity contribution in [3.8, 4) is 0 Å². The van der Waals surface area contributed by atoms with Crippen LogP contribution in [0.4, 0.5) is 15.8 Å². The molecule has 0 fully saturated rings. The average Bonchev–Trinajstić information content (AvgIpc) is 2.85. The molecular formula is C23H19FN2O4S. The Kier molecular flexibility index (Phi) is 5.56. The molecule has 0 bridgehead atoms. The Balaban J connectivity index is 1.71. The number of benzene rings is 3. The molecule has 0 saturated heterocycles. The number of carbonyl (C=O) groups is 2. The molecule has 8 heteroatoms. The van der Waals surface area contributed by atoms with E-state index in [0.717, 1.165) is 4.90 Å². The maximum absolute atomic E-state index is 13.9. The van der Waals surface area contributed by atoms with Crippen molar-refractivity contribution in [2.75, 3.05) is 16.8 Å². The molecule has 1 unspecified atom stereocenters. The first-order chi connectivity index (χ1) is 14.9. The monoisotopic (exact) mass is 438 g/mol. The standard InChI is InChI=1S/C23H19FN2O4S/c24-17-10-4-5-11-18(17)25-22(27)15-26-19-12-6-7-13-20(19)31(29,30)21(14-23(26)28)16-8-2-1-3-9-16/h1-13,21H,14-15H2,(H,25,27). The zero-order valence-corrected chi connectivity index (χ0v) is 17.2. The van der Waals surface area contributed by atoms with Crippen molar-refractivity contribution in [1.82, 2.24) is 0 Å². The van der Waals surface area contributed by atoms with Crippen LogP contribution >= 0.6 is 0 Å². The molecule has 0 saturated carbocycles. The maximum Gasteiger partial charge on any atom is 0.244 e. The Morgan fingerprint density at radius 1 is 0.968 bits per heavy atom. The van der Waals surface area contributed by atoms with Gasteiger partial charge in [-0.1, -0.05) is 54.6 Å². The zero-order valence-electron chi connectivity index (χ0n) is 16.4. The van der Waals surface area contributed by atoms with Crippen molar-refractivity contribution in [1.29, 1.82) is 0 Å². The van der Waals surface area contributed by atoms with Gasteiger partial charge in [-0.3, -0.25) is 9.59 Å². The number of sulfone groups is 1. The van der Waals surface area contributed by atoms with Gasteiger partial charge < -0.3 is 10.2 Å². The largest absolute Gasteiger partial charge is 0.322 e. The molecule has 4 rings (SSSR count). The molecule has 1 aliphatic heterocycles. The number of carbonyl (C=O) groups excluding carboxylic acids is 2. The SMILES string of the molecule is O=C(CN1C(=O)CC(c2ccccc2)S(=O)(=O)c2ccccc21)Nc1ccccc1F. The van der Waals surface area contributed by atoms with E-state index in [1.807, 2.05) is 0 Å². The van der Waals surface area contributed by atoms with Gasteiger partial charge in [0.05, 0.1) is 21.5 Å². The van der Waals surface area contributed by atoms with Crippen LogP contribution in [-0.2, 0) is 19.4 Å². The highest BCUT2D eigenvalue weighted by atomic mass is 32.2. The summed E-state index contributed by atoms with van der Waals surface area (Å²) in [5.41, 5.74) is 0.621. The summed E-state index contributed by atoms with van der Waals surface area (Å²) in [5, 5.41) is 1.37. The van der Waals surface area contributed by atoms with E-state index >= 15 is 0 Å². The summed E-state index contributed by atoms with van der Waals surface area (Å²) < 4.78 is 40.7. The molecule has 6 nitrogen and oxygen atoms in total. The van der Waals surface area contributed by atoms with Gasteiger partial charge in [0.15, 0.2) is 9.84 Å². The van der Waals surface area contributed by atoms with E-state index in [9.17, 15) is 22.4 Å². The molecule has 1 atom stereocenters. The predicted octanol–water partition coefficient (Wildman–Crippen LogP) is 3.72. The summed E-state index contributed by atoms with van der Waals surface area (Å²) in [6.45, 7) is -0.443. The van der Waals surface area contributed by atoms with Crippen LogP contribution in [0.1, 0.15) is 17.2 Å². The van der Waals surface area contributed by atoms with Crippen LogP contribution in [0.5, 0.6) is 0 Å². The van der Waals surface area contributed by atoms with Crippen LogP contribution in [0.25, 0.3) is 0 Å². The summed E-state index contributed by atoms with van der Waals surface area (Å²) in [7, 11) is -3.89. The molecule has 1 N–H and O–H groups in total. The number of rotatable bonds is 4. The fourth-order valence-corrected chi connectivity index (χ4v) is 5.54. The van der Waals surface area contributed by atoms with Crippen LogP contribution in [0.15, 0.2) is 83.8 Å². The second-order valence-electron chi connectivity index (χ2n) is 7.12. The van der Waals surface area contributed by atoms with Gasteiger partial charge in [-0.2, -0.15) is 0 Å². The molecular weight excluding hydrogens is 419 g/mol.